The molecule has 0 aromatic carbocycles. The van der Waals surface area contributed by atoms with Crippen LogP contribution in [0.1, 0.15) is 110 Å². The molecule has 0 saturated carbocycles. The molecule has 0 spiro atoms. The summed E-state index contributed by atoms with van der Waals surface area (Å²) in [5.41, 5.74) is 0. The molecule has 0 aliphatic carbocycles. The van der Waals surface area contributed by atoms with E-state index in [-0.39, 0.29) is 12.8 Å². The van der Waals surface area contributed by atoms with Crippen LogP contribution in [0.3, 0.4) is 0 Å². The lowest BCUT2D eigenvalue weighted by molar-refractivity contribution is -0.153. The Bertz CT molecular complexity index is 740. The Labute approximate surface area is 240 Å². The van der Waals surface area contributed by atoms with Gasteiger partial charge in [0.2, 0.25) is 0 Å². The number of carbonyl (C=O) groups excluding carboxylic acids is 2. The predicted octanol–water partition coefficient (Wildman–Crippen LogP) is 5.93. The van der Waals surface area contributed by atoms with Crippen molar-refractivity contribution in [3.05, 3.63) is 24.3 Å². The number of hydrogen-bond acceptors (Lipinski definition) is 9. The monoisotopic (exact) mass is 592 g/mol. The fourth-order valence-corrected chi connectivity index (χ4v) is 4.32. The molecule has 234 valence electrons. The second kappa shape index (κ2) is 26.4. The number of allylic oxidation sites excluding steroid dienone is 4. The number of ether oxygens (including phenoxy) is 2. The lowest BCUT2D eigenvalue weighted by Gasteiger charge is -2.20. The summed E-state index contributed by atoms with van der Waals surface area (Å²) in [7, 11) is -4.60. The smallest absolute Gasteiger partial charge is 0.457 e. The van der Waals surface area contributed by atoms with E-state index in [1.54, 1.807) is 0 Å². The summed E-state index contributed by atoms with van der Waals surface area (Å²) >= 11 is 0. The van der Waals surface area contributed by atoms with Gasteiger partial charge in [-0.3, -0.25) is 18.6 Å². The van der Waals surface area contributed by atoms with E-state index >= 15 is 0 Å². The molecule has 3 unspecified atom stereocenters. The topological polar surface area (TPSA) is 149 Å². The SMILES string of the molecule is CCCCC/C=C\C/C=C\CCCCCCCC(=O)OC(CO)COP(=O)(O)OCC(CO)OC(=O)CCCC. The van der Waals surface area contributed by atoms with Crippen LogP contribution in [-0.2, 0) is 32.7 Å². The minimum Gasteiger partial charge on any atom is -0.457 e. The normalized spacial score (nSPS) is 14.8. The first-order chi connectivity index (χ1) is 19.3. The molecule has 40 heavy (non-hydrogen) atoms. The number of aliphatic hydroxyl groups is 2. The molecular formula is C29H53O10P. The van der Waals surface area contributed by atoms with Crippen molar-refractivity contribution in [1.82, 2.24) is 0 Å². The Balaban J connectivity index is 4.00. The Kier molecular flexibility index (Phi) is 25.3. The van der Waals surface area contributed by atoms with Crippen LogP contribution in [0.25, 0.3) is 0 Å². The van der Waals surface area contributed by atoms with Crippen LogP contribution in [0.2, 0.25) is 0 Å². The highest BCUT2D eigenvalue weighted by molar-refractivity contribution is 7.47. The van der Waals surface area contributed by atoms with Gasteiger partial charge in [-0.25, -0.2) is 4.57 Å². The predicted molar refractivity (Wildman–Crippen MR) is 155 cm³/mol. The van der Waals surface area contributed by atoms with Gasteiger partial charge in [0.15, 0.2) is 0 Å². The number of carbonyl (C=O) groups is 2. The van der Waals surface area contributed by atoms with Gasteiger partial charge in [0.05, 0.1) is 26.4 Å². The fourth-order valence-electron chi connectivity index (χ4n) is 3.53. The first-order valence-corrected chi connectivity index (χ1v) is 16.3. The van der Waals surface area contributed by atoms with Crippen molar-refractivity contribution in [1.29, 1.82) is 0 Å². The van der Waals surface area contributed by atoms with E-state index in [0.29, 0.717) is 12.8 Å². The minimum atomic E-state index is -4.60. The zero-order valence-corrected chi connectivity index (χ0v) is 25.4. The molecule has 0 radical (unpaired) electrons. The van der Waals surface area contributed by atoms with Crippen LogP contribution in [-0.4, -0.2) is 65.7 Å². The Morgan fingerprint density at radius 3 is 1.62 bits per heavy atom. The summed E-state index contributed by atoms with van der Waals surface area (Å²) in [5, 5.41) is 18.7. The van der Waals surface area contributed by atoms with Crippen molar-refractivity contribution in [3.63, 3.8) is 0 Å². The highest BCUT2D eigenvalue weighted by Crippen LogP contribution is 2.43. The summed E-state index contributed by atoms with van der Waals surface area (Å²) in [5.74, 6) is -1.07. The maximum absolute atomic E-state index is 12.1. The molecule has 0 aliphatic heterocycles. The molecule has 11 heteroatoms. The summed E-state index contributed by atoms with van der Waals surface area (Å²) < 4.78 is 31.8. The summed E-state index contributed by atoms with van der Waals surface area (Å²) in [6.07, 6.45) is 20.1. The van der Waals surface area contributed by atoms with Crippen LogP contribution >= 0.6 is 7.82 Å². The van der Waals surface area contributed by atoms with Gasteiger partial charge in [0, 0.05) is 12.8 Å². The Morgan fingerprint density at radius 1 is 0.675 bits per heavy atom. The third kappa shape index (κ3) is 24.3. The zero-order valence-electron chi connectivity index (χ0n) is 24.5. The lowest BCUT2D eigenvalue weighted by atomic mass is 10.1. The first-order valence-electron chi connectivity index (χ1n) is 14.8. The number of rotatable bonds is 27. The molecule has 3 N–H and O–H groups in total. The number of phosphoric acid groups is 1. The molecule has 0 fully saturated rings. The minimum absolute atomic E-state index is 0.166. The number of phosphoric ester groups is 1. The van der Waals surface area contributed by atoms with Crippen molar-refractivity contribution in [2.75, 3.05) is 26.4 Å². The van der Waals surface area contributed by atoms with E-state index in [1.165, 1.54) is 19.3 Å². The second-order valence-corrected chi connectivity index (χ2v) is 11.2. The number of esters is 2. The quantitative estimate of drug-likeness (QED) is 0.0453. The summed E-state index contributed by atoms with van der Waals surface area (Å²) in [4.78, 5) is 33.5. The maximum Gasteiger partial charge on any atom is 0.472 e. The molecule has 0 aliphatic rings. The molecule has 0 saturated heterocycles. The largest absolute Gasteiger partial charge is 0.472 e. The molecule has 3 atom stereocenters. The van der Waals surface area contributed by atoms with Crippen molar-refractivity contribution < 1.29 is 47.8 Å². The third-order valence-electron chi connectivity index (χ3n) is 5.92. The highest BCUT2D eigenvalue weighted by atomic mass is 31.2. The molecule has 0 heterocycles. The molecule has 0 rings (SSSR count). The Hall–Kier alpha value is -1.55. The van der Waals surface area contributed by atoms with Crippen molar-refractivity contribution >= 4 is 19.8 Å². The van der Waals surface area contributed by atoms with E-state index in [2.05, 4.69) is 31.2 Å². The van der Waals surface area contributed by atoms with E-state index < -0.39 is 58.4 Å². The van der Waals surface area contributed by atoms with Crippen LogP contribution in [0.15, 0.2) is 24.3 Å². The molecule has 0 aromatic heterocycles. The lowest BCUT2D eigenvalue weighted by Crippen LogP contribution is -2.28. The summed E-state index contributed by atoms with van der Waals surface area (Å²) in [6, 6.07) is 0. The van der Waals surface area contributed by atoms with E-state index in [0.717, 1.165) is 51.4 Å². The molecule has 10 nitrogen and oxygen atoms in total. The van der Waals surface area contributed by atoms with Crippen molar-refractivity contribution in [2.45, 2.75) is 122 Å². The molecule has 0 aromatic rings. The van der Waals surface area contributed by atoms with Gasteiger partial charge >= 0.3 is 19.8 Å². The summed E-state index contributed by atoms with van der Waals surface area (Å²) in [6.45, 7) is 1.82. The van der Waals surface area contributed by atoms with Gasteiger partial charge in [0.25, 0.3) is 0 Å². The van der Waals surface area contributed by atoms with Gasteiger partial charge < -0.3 is 24.6 Å². The van der Waals surface area contributed by atoms with E-state index in [9.17, 15) is 29.3 Å². The van der Waals surface area contributed by atoms with Crippen LogP contribution in [0, 0.1) is 0 Å². The second-order valence-electron chi connectivity index (χ2n) is 9.73. The van der Waals surface area contributed by atoms with Crippen molar-refractivity contribution in [3.8, 4) is 0 Å². The first kappa shape index (κ1) is 38.5. The third-order valence-corrected chi connectivity index (χ3v) is 6.87. The standard InChI is InChI=1S/C29H53O10P/c1-3-5-7-8-9-10-11-12-13-14-15-16-17-18-19-21-29(33)39-27(23-31)25-37-40(34,35)36-24-26(22-30)38-28(32)20-6-4-2/h9-10,12-13,26-27,30-31H,3-8,11,14-25H2,1-2H3,(H,34,35)/b10-9-,13-12-. The van der Waals surface area contributed by atoms with Crippen LogP contribution in [0.4, 0.5) is 0 Å². The number of unbranched alkanes of at least 4 members (excludes halogenated alkanes) is 9. The van der Waals surface area contributed by atoms with Gasteiger partial charge in [-0.2, -0.15) is 0 Å². The maximum atomic E-state index is 12.1. The average Bonchev–Trinajstić information content (AvgIpc) is 2.94. The van der Waals surface area contributed by atoms with Gasteiger partial charge in [-0.05, 0) is 44.9 Å². The van der Waals surface area contributed by atoms with E-state index in [4.69, 9.17) is 18.5 Å². The average molecular weight is 593 g/mol. The molecule has 0 amide bonds. The highest BCUT2D eigenvalue weighted by Gasteiger charge is 2.27. The van der Waals surface area contributed by atoms with Crippen LogP contribution in [0.5, 0.6) is 0 Å². The fraction of sp³-hybridized carbons (Fsp3) is 0.793. The number of hydrogen-bond donors (Lipinski definition) is 3. The van der Waals surface area contributed by atoms with Gasteiger partial charge in [-0.1, -0.05) is 76.7 Å². The number of aliphatic hydroxyl groups excluding tert-OH is 2. The Morgan fingerprint density at radius 2 is 1.12 bits per heavy atom. The molecule has 0 bridgehead atoms. The van der Waals surface area contributed by atoms with E-state index in [1.807, 2.05) is 6.92 Å². The van der Waals surface area contributed by atoms with Crippen LogP contribution < -0.4 is 0 Å². The van der Waals surface area contributed by atoms with Crippen molar-refractivity contribution in [2.24, 2.45) is 0 Å². The van der Waals surface area contributed by atoms with Gasteiger partial charge in [0.1, 0.15) is 12.2 Å². The zero-order chi connectivity index (χ0) is 29.9. The molecular weight excluding hydrogens is 539 g/mol. The van der Waals surface area contributed by atoms with Gasteiger partial charge in [-0.15, -0.1) is 0 Å².